The van der Waals surface area contributed by atoms with Gasteiger partial charge in [0, 0.05) is 31.4 Å². The number of likely N-dealkylation sites (tertiary alicyclic amines) is 1. The van der Waals surface area contributed by atoms with Gasteiger partial charge in [-0.05, 0) is 65.2 Å². The lowest BCUT2D eigenvalue weighted by Gasteiger charge is -2.32. The Labute approximate surface area is 221 Å². The third-order valence-electron chi connectivity index (χ3n) is 5.79. The van der Waals surface area contributed by atoms with E-state index in [2.05, 4.69) is 25.5 Å². The second-order valence-corrected chi connectivity index (χ2v) is 11.7. The molecule has 8 nitrogen and oxygen atoms in total. The maximum Gasteiger partial charge on any atom is 0.412 e. The van der Waals surface area contributed by atoms with Crippen molar-refractivity contribution in [1.29, 1.82) is 0 Å². The molecule has 3 heterocycles. The molecule has 3 aromatic rings. The third-order valence-corrected chi connectivity index (χ3v) is 7.15. The second kappa shape index (κ2) is 11.1. The molecule has 1 aliphatic rings. The highest BCUT2D eigenvalue weighted by Gasteiger charge is 2.21. The van der Waals surface area contributed by atoms with Crippen molar-refractivity contribution in [2.24, 2.45) is 0 Å². The standard InChI is InChI=1S/C26H33ClN6O2S/c1-16-23(36-17(2)29-16)22-21(27)14-28-24(32-22)30-20-10-12-33(13-11-20)15-18-6-8-19(9-7-18)31-25(34)35-26(3,4)5/h6-9,14,20H,10-13,15H2,1-5H3,(H,31,34)(H,28,30,32). The van der Waals surface area contributed by atoms with Crippen LogP contribution in [0.25, 0.3) is 10.6 Å². The van der Waals surface area contributed by atoms with Gasteiger partial charge in [-0.3, -0.25) is 10.2 Å². The molecule has 2 aromatic heterocycles. The van der Waals surface area contributed by atoms with Crippen LogP contribution in [0.15, 0.2) is 30.5 Å². The van der Waals surface area contributed by atoms with Gasteiger partial charge in [-0.1, -0.05) is 23.7 Å². The lowest BCUT2D eigenvalue weighted by Crippen LogP contribution is -2.39. The first kappa shape index (κ1) is 26.3. The number of nitrogens with zero attached hydrogens (tertiary/aromatic N) is 4. The number of anilines is 2. The Bertz CT molecular complexity index is 1200. The highest BCUT2D eigenvalue weighted by molar-refractivity contribution is 7.15. The van der Waals surface area contributed by atoms with Crippen LogP contribution < -0.4 is 10.6 Å². The monoisotopic (exact) mass is 528 g/mol. The minimum Gasteiger partial charge on any atom is -0.444 e. The Balaban J connectivity index is 1.28. The normalized spacial score (nSPS) is 15.1. The van der Waals surface area contributed by atoms with Crippen LogP contribution in [-0.4, -0.2) is 50.7 Å². The Morgan fingerprint density at radius 1 is 1.17 bits per heavy atom. The number of thiazole rings is 1. The topological polar surface area (TPSA) is 92.3 Å². The maximum absolute atomic E-state index is 11.9. The van der Waals surface area contributed by atoms with Gasteiger partial charge in [-0.25, -0.2) is 19.7 Å². The number of ether oxygens (including phenoxy) is 1. The van der Waals surface area contributed by atoms with Gasteiger partial charge in [-0.15, -0.1) is 11.3 Å². The zero-order valence-electron chi connectivity index (χ0n) is 21.4. The molecule has 192 valence electrons. The van der Waals surface area contributed by atoms with Crippen LogP contribution >= 0.6 is 22.9 Å². The summed E-state index contributed by atoms with van der Waals surface area (Å²) in [4.78, 5) is 29.0. The number of halogens is 1. The van der Waals surface area contributed by atoms with Crippen molar-refractivity contribution in [1.82, 2.24) is 19.9 Å². The number of hydrogen-bond donors (Lipinski definition) is 2. The fourth-order valence-corrected chi connectivity index (χ4v) is 5.30. The van der Waals surface area contributed by atoms with Gasteiger partial charge in [-0.2, -0.15) is 0 Å². The van der Waals surface area contributed by atoms with Gasteiger partial charge in [0.15, 0.2) is 0 Å². The fraction of sp³-hybridized carbons (Fsp3) is 0.462. The summed E-state index contributed by atoms with van der Waals surface area (Å²) in [5.74, 6) is 0.603. The first-order valence-corrected chi connectivity index (χ1v) is 13.3. The van der Waals surface area contributed by atoms with Gasteiger partial charge >= 0.3 is 6.09 Å². The molecule has 4 rings (SSSR count). The summed E-state index contributed by atoms with van der Waals surface area (Å²) >= 11 is 8.00. The van der Waals surface area contributed by atoms with Crippen LogP contribution in [0.5, 0.6) is 0 Å². The van der Waals surface area contributed by atoms with Gasteiger partial charge in [0.05, 0.1) is 26.8 Å². The molecule has 36 heavy (non-hydrogen) atoms. The Morgan fingerprint density at radius 3 is 2.47 bits per heavy atom. The van der Waals surface area contributed by atoms with Gasteiger partial charge in [0.2, 0.25) is 5.95 Å². The smallest absolute Gasteiger partial charge is 0.412 e. The summed E-state index contributed by atoms with van der Waals surface area (Å²) in [6.07, 6.45) is 3.22. The van der Waals surface area contributed by atoms with E-state index < -0.39 is 11.7 Å². The SMILES string of the molecule is Cc1nc(C)c(-c2nc(NC3CCN(Cc4ccc(NC(=O)OC(C)(C)C)cc4)CC3)ncc2Cl)s1. The van der Waals surface area contributed by atoms with Crippen molar-refractivity contribution in [2.75, 3.05) is 23.7 Å². The fourth-order valence-electron chi connectivity index (χ4n) is 4.14. The molecule has 0 radical (unpaired) electrons. The predicted octanol–water partition coefficient (Wildman–Crippen LogP) is 6.29. The average Bonchev–Trinajstić information content (AvgIpc) is 3.14. The highest BCUT2D eigenvalue weighted by atomic mass is 35.5. The first-order valence-electron chi connectivity index (χ1n) is 12.1. The van der Waals surface area contributed by atoms with Crippen LogP contribution in [0, 0.1) is 13.8 Å². The molecule has 0 unspecified atom stereocenters. The molecule has 1 fully saturated rings. The number of benzene rings is 1. The van der Waals surface area contributed by atoms with Crippen molar-refractivity contribution in [2.45, 2.75) is 65.6 Å². The van der Waals surface area contributed by atoms with E-state index >= 15 is 0 Å². The molecule has 1 saturated heterocycles. The van der Waals surface area contributed by atoms with E-state index in [-0.39, 0.29) is 0 Å². The molecule has 1 aromatic carbocycles. The minimum atomic E-state index is -0.521. The number of carbonyl (C=O) groups excluding carboxylic acids is 1. The van der Waals surface area contributed by atoms with Crippen molar-refractivity contribution >= 4 is 40.7 Å². The highest BCUT2D eigenvalue weighted by Crippen LogP contribution is 2.33. The quantitative estimate of drug-likeness (QED) is 0.388. The van der Waals surface area contributed by atoms with E-state index in [1.807, 2.05) is 58.9 Å². The van der Waals surface area contributed by atoms with Crippen LogP contribution in [0.1, 0.15) is 49.9 Å². The maximum atomic E-state index is 11.9. The van der Waals surface area contributed by atoms with Crippen molar-refractivity contribution < 1.29 is 9.53 Å². The number of carbonyl (C=O) groups is 1. The second-order valence-electron chi connectivity index (χ2n) is 10.1. The summed E-state index contributed by atoms with van der Waals surface area (Å²) < 4.78 is 5.30. The Morgan fingerprint density at radius 2 is 1.86 bits per heavy atom. The Kier molecular flexibility index (Phi) is 8.12. The number of amides is 1. The van der Waals surface area contributed by atoms with Crippen LogP contribution in [0.4, 0.5) is 16.4 Å². The molecule has 0 atom stereocenters. The van der Waals surface area contributed by atoms with E-state index in [4.69, 9.17) is 21.3 Å². The molecule has 0 saturated carbocycles. The molecule has 1 aliphatic heterocycles. The lowest BCUT2D eigenvalue weighted by molar-refractivity contribution is 0.0636. The largest absolute Gasteiger partial charge is 0.444 e. The van der Waals surface area contributed by atoms with E-state index in [0.717, 1.165) is 59.4 Å². The average molecular weight is 529 g/mol. The molecule has 2 N–H and O–H groups in total. The van der Waals surface area contributed by atoms with Crippen LogP contribution in [0.2, 0.25) is 5.02 Å². The summed E-state index contributed by atoms with van der Waals surface area (Å²) in [6, 6.07) is 8.22. The van der Waals surface area contributed by atoms with E-state index in [0.29, 0.717) is 17.0 Å². The number of rotatable bonds is 6. The van der Waals surface area contributed by atoms with Crippen molar-refractivity contribution in [3.05, 3.63) is 51.7 Å². The predicted molar refractivity (Wildman–Crippen MR) is 146 cm³/mol. The van der Waals surface area contributed by atoms with Crippen molar-refractivity contribution in [3.63, 3.8) is 0 Å². The van der Waals surface area contributed by atoms with Gasteiger partial charge in [0.25, 0.3) is 0 Å². The molecule has 0 bridgehead atoms. The van der Waals surface area contributed by atoms with Crippen molar-refractivity contribution in [3.8, 4) is 10.6 Å². The Hall–Kier alpha value is -2.75. The van der Waals surface area contributed by atoms with Gasteiger partial charge in [0.1, 0.15) is 11.3 Å². The number of aromatic nitrogens is 3. The molecule has 10 heteroatoms. The number of piperidine rings is 1. The van der Waals surface area contributed by atoms with E-state index in [1.54, 1.807) is 17.5 Å². The summed E-state index contributed by atoms with van der Waals surface area (Å²) in [5, 5.41) is 7.80. The lowest BCUT2D eigenvalue weighted by atomic mass is 10.0. The summed E-state index contributed by atoms with van der Waals surface area (Å²) in [6.45, 7) is 12.3. The van der Waals surface area contributed by atoms with E-state index in [9.17, 15) is 4.79 Å². The summed E-state index contributed by atoms with van der Waals surface area (Å²) in [7, 11) is 0. The molecular weight excluding hydrogens is 496 g/mol. The molecule has 1 amide bonds. The van der Waals surface area contributed by atoms with Crippen LogP contribution in [0.3, 0.4) is 0 Å². The summed E-state index contributed by atoms with van der Waals surface area (Å²) in [5.41, 5.74) is 3.08. The molecular formula is C26H33ClN6O2S. The third kappa shape index (κ3) is 7.15. The number of nitrogens with one attached hydrogen (secondary N) is 2. The zero-order valence-corrected chi connectivity index (χ0v) is 23.0. The van der Waals surface area contributed by atoms with Gasteiger partial charge < -0.3 is 10.1 Å². The number of aryl methyl sites for hydroxylation is 2. The van der Waals surface area contributed by atoms with Crippen LogP contribution in [-0.2, 0) is 11.3 Å². The van der Waals surface area contributed by atoms with E-state index in [1.165, 1.54) is 5.56 Å². The zero-order chi connectivity index (χ0) is 25.9. The molecule has 0 spiro atoms. The minimum absolute atomic E-state index is 0.306. The number of hydrogen-bond acceptors (Lipinski definition) is 8. The first-order chi connectivity index (χ1) is 17.1. The molecule has 0 aliphatic carbocycles.